The highest BCUT2D eigenvalue weighted by molar-refractivity contribution is 5.34. The fraction of sp³-hybridized carbons (Fsp3) is 0.278. The first-order chi connectivity index (χ1) is 10.4. The molecule has 0 bridgehead atoms. The molecule has 0 spiro atoms. The van der Waals surface area contributed by atoms with Gasteiger partial charge < -0.3 is 9.47 Å². The molecule has 108 valence electrons. The summed E-state index contributed by atoms with van der Waals surface area (Å²) in [5.41, 5.74) is 0.653. The monoisotopic (exact) mass is 281 g/mol. The first-order valence-electron chi connectivity index (χ1n) is 7.19. The fourth-order valence-corrected chi connectivity index (χ4v) is 1.90. The minimum atomic E-state index is 0.653. The lowest BCUT2D eigenvalue weighted by Gasteiger charge is -2.07. The first kappa shape index (κ1) is 14.9. The number of hydrogen-bond acceptors (Lipinski definition) is 3. The van der Waals surface area contributed by atoms with Crippen molar-refractivity contribution in [2.45, 2.75) is 19.3 Å². The van der Waals surface area contributed by atoms with Crippen LogP contribution in [0.1, 0.15) is 24.8 Å². The van der Waals surface area contributed by atoms with Crippen LogP contribution in [-0.2, 0) is 0 Å². The van der Waals surface area contributed by atoms with Gasteiger partial charge in [-0.25, -0.2) is 0 Å². The van der Waals surface area contributed by atoms with Gasteiger partial charge in [0.25, 0.3) is 0 Å². The van der Waals surface area contributed by atoms with Crippen molar-refractivity contribution in [3.05, 3.63) is 60.2 Å². The molecule has 0 atom stereocenters. The molecule has 0 aliphatic heterocycles. The van der Waals surface area contributed by atoms with Crippen molar-refractivity contribution < 1.29 is 9.47 Å². The van der Waals surface area contributed by atoms with Gasteiger partial charge >= 0.3 is 0 Å². The lowest BCUT2D eigenvalue weighted by molar-refractivity contribution is 0.279. The largest absolute Gasteiger partial charge is 0.494 e. The molecule has 2 aromatic rings. The standard InChI is InChI=1S/C18H19NO2/c19-15-16-9-11-18(12-10-16)21-14-6-2-5-13-20-17-7-3-1-4-8-17/h1,3-4,7-12H,2,5-6,13-14H2. The molecule has 3 nitrogen and oxygen atoms in total. The van der Waals surface area contributed by atoms with E-state index < -0.39 is 0 Å². The zero-order valence-electron chi connectivity index (χ0n) is 12.0. The average molecular weight is 281 g/mol. The normalized spacial score (nSPS) is 9.86. The Morgan fingerprint density at radius 3 is 1.86 bits per heavy atom. The number of benzene rings is 2. The van der Waals surface area contributed by atoms with Gasteiger partial charge in [-0.1, -0.05) is 18.2 Å². The number of ether oxygens (including phenoxy) is 2. The van der Waals surface area contributed by atoms with Gasteiger partial charge in [-0.15, -0.1) is 0 Å². The smallest absolute Gasteiger partial charge is 0.119 e. The van der Waals surface area contributed by atoms with Crippen LogP contribution in [0.5, 0.6) is 11.5 Å². The van der Waals surface area contributed by atoms with Gasteiger partial charge in [-0.2, -0.15) is 5.26 Å². The van der Waals surface area contributed by atoms with E-state index in [1.54, 1.807) is 12.1 Å². The Bertz CT molecular complexity index is 558. The maximum absolute atomic E-state index is 8.70. The van der Waals surface area contributed by atoms with E-state index in [1.165, 1.54) is 0 Å². The van der Waals surface area contributed by atoms with E-state index in [4.69, 9.17) is 14.7 Å². The molecule has 0 unspecified atom stereocenters. The molecule has 0 fully saturated rings. The van der Waals surface area contributed by atoms with Crippen molar-refractivity contribution in [2.24, 2.45) is 0 Å². The maximum atomic E-state index is 8.70. The van der Waals surface area contributed by atoms with Crippen LogP contribution in [0.15, 0.2) is 54.6 Å². The van der Waals surface area contributed by atoms with E-state index >= 15 is 0 Å². The van der Waals surface area contributed by atoms with E-state index in [0.29, 0.717) is 12.2 Å². The number of nitriles is 1. The van der Waals surface area contributed by atoms with E-state index in [2.05, 4.69) is 6.07 Å². The number of hydrogen-bond donors (Lipinski definition) is 0. The number of unbranched alkanes of at least 4 members (excludes halogenated alkanes) is 2. The molecular weight excluding hydrogens is 262 g/mol. The highest BCUT2D eigenvalue weighted by Gasteiger charge is 1.96. The fourth-order valence-electron chi connectivity index (χ4n) is 1.90. The number of rotatable bonds is 8. The molecule has 0 aliphatic carbocycles. The van der Waals surface area contributed by atoms with E-state index in [-0.39, 0.29) is 0 Å². The Balaban J connectivity index is 1.53. The molecule has 0 aromatic heterocycles. The first-order valence-corrected chi connectivity index (χ1v) is 7.19. The molecule has 2 rings (SSSR count). The molecule has 2 aromatic carbocycles. The van der Waals surface area contributed by atoms with Crippen molar-refractivity contribution in [1.29, 1.82) is 5.26 Å². The Hall–Kier alpha value is -2.47. The molecule has 0 amide bonds. The van der Waals surface area contributed by atoms with Crippen LogP contribution in [0.25, 0.3) is 0 Å². The molecule has 0 heterocycles. The summed E-state index contributed by atoms with van der Waals surface area (Å²) in [5.74, 6) is 1.74. The number of para-hydroxylation sites is 1. The van der Waals surface area contributed by atoms with Crippen LogP contribution in [-0.4, -0.2) is 13.2 Å². The van der Waals surface area contributed by atoms with Gasteiger partial charge in [0.05, 0.1) is 24.8 Å². The van der Waals surface area contributed by atoms with Gasteiger partial charge in [0, 0.05) is 0 Å². The van der Waals surface area contributed by atoms with Gasteiger partial charge in [-0.3, -0.25) is 0 Å². The molecule has 3 heteroatoms. The van der Waals surface area contributed by atoms with Crippen LogP contribution in [0.4, 0.5) is 0 Å². The van der Waals surface area contributed by atoms with Gasteiger partial charge in [0.15, 0.2) is 0 Å². The summed E-state index contributed by atoms with van der Waals surface area (Å²) in [7, 11) is 0. The SMILES string of the molecule is N#Cc1ccc(OCCCCCOc2ccccc2)cc1. The zero-order chi connectivity index (χ0) is 14.8. The Labute approximate surface area is 125 Å². The number of nitrogens with zero attached hydrogens (tertiary/aromatic N) is 1. The molecular formula is C18H19NO2. The van der Waals surface area contributed by atoms with Crippen LogP contribution in [0, 0.1) is 11.3 Å². The Morgan fingerprint density at radius 1 is 0.714 bits per heavy atom. The van der Waals surface area contributed by atoms with Crippen LogP contribution < -0.4 is 9.47 Å². The van der Waals surface area contributed by atoms with Crippen LogP contribution >= 0.6 is 0 Å². The highest BCUT2D eigenvalue weighted by Crippen LogP contribution is 2.12. The van der Waals surface area contributed by atoms with Crippen molar-refractivity contribution in [1.82, 2.24) is 0 Å². The second-order valence-corrected chi connectivity index (χ2v) is 4.71. The molecule has 0 radical (unpaired) electrons. The second kappa shape index (κ2) is 8.65. The van der Waals surface area contributed by atoms with E-state index in [1.807, 2.05) is 42.5 Å². The summed E-state index contributed by atoms with van der Waals surface area (Å²) >= 11 is 0. The summed E-state index contributed by atoms with van der Waals surface area (Å²) in [6, 6.07) is 19.1. The second-order valence-electron chi connectivity index (χ2n) is 4.71. The van der Waals surface area contributed by atoms with Crippen molar-refractivity contribution in [3.8, 4) is 17.6 Å². The molecule has 0 aliphatic rings. The third-order valence-corrected chi connectivity index (χ3v) is 3.05. The zero-order valence-corrected chi connectivity index (χ0v) is 12.0. The van der Waals surface area contributed by atoms with Gasteiger partial charge in [-0.05, 0) is 55.7 Å². The van der Waals surface area contributed by atoms with E-state index in [0.717, 1.165) is 37.4 Å². The summed E-state index contributed by atoms with van der Waals surface area (Å²) in [4.78, 5) is 0. The minimum absolute atomic E-state index is 0.653. The highest BCUT2D eigenvalue weighted by atomic mass is 16.5. The van der Waals surface area contributed by atoms with E-state index in [9.17, 15) is 0 Å². The third-order valence-electron chi connectivity index (χ3n) is 3.05. The van der Waals surface area contributed by atoms with Crippen molar-refractivity contribution in [2.75, 3.05) is 13.2 Å². The molecule has 0 saturated carbocycles. The lowest BCUT2D eigenvalue weighted by atomic mass is 10.2. The molecule has 0 N–H and O–H groups in total. The maximum Gasteiger partial charge on any atom is 0.119 e. The Morgan fingerprint density at radius 2 is 1.29 bits per heavy atom. The van der Waals surface area contributed by atoms with Crippen molar-refractivity contribution >= 4 is 0 Å². The minimum Gasteiger partial charge on any atom is -0.494 e. The summed E-state index contributed by atoms with van der Waals surface area (Å²) in [5, 5.41) is 8.70. The molecule has 0 saturated heterocycles. The lowest BCUT2D eigenvalue weighted by Crippen LogP contribution is -2.00. The predicted octanol–water partition coefficient (Wildman–Crippen LogP) is 4.19. The summed E-state index contributed by atoms with van der Waals surface area (Å²) < 4.78 is 11.2. The summed E-state index contributed by atoms with van der Waals surface area (Å²) in [6.07, 6.45) is 3.09. The predicted molar refractivity (Wildman–Crippen MR) is 82.4 cm³/mol. The van der Waals surface area contributed by atoms with Gasteiger partial charge in [0.1, 0.15) is 11.5 Å². The van der Waals surface area contributed by atoms with Crippen LogP contribution in [0.2, 0.25) is 0 Å². The average Bonchev–Trinajstić information content (AvgIpc) is 2.55. The molecule has 21 heavy (non-hydrogen) atoms. The van der Waals surface area contributed by atoms with Crippen LogP contribution in [0.3, 0.4) is 0 Å². The quantitative estimate of drug-likeness (QED) is 0.681. The van der Waals surface area contributed by atoms with Gasteiger partial charge in [0.2, 0.25) is 0 Å². The topological polar surface area (TPSA) is 42.2 Å². The summed E-state index contributed by atoms with van der Waals surface area (Å²) in [6.45, 7) is 1.43. The third kappa shape index (κ3) is 5.58. The Kier molecular flexibility index (Phi) is 6.15. The van der Waals surface area contributed by atoms with Crippen molar-refractivity contribution in [3.63, 3.8) is 0 Å².